The van der Waals surface area contributed by atoms with Gasteiger partial charge in [0.25, 0.3) is 5.56 Å². The minimum atomic E-state index is -0.127. The second kappa shape index (κ2) is 6.35. The molecule has 0 spiro atoms. The summed E-state index contributed by atoms with van der Waals surface area (Å²) in [6.07, 6.45) is 1.51. The van der Waals surface area contributed by atoms with E-state index in [0.29, 0.717) is 30.2 Å². The maximum atomic E-state index is 11.9. The molecule has 0 aliphatic heterocycles. The number of rotatable bonds is 5. The van der Waals surface area contributed by atoms with Crippen LogP contribution in [-0.2, 0) is 6.54 Å². The lowest BCUT2D eigenvalue weighted by atomic mass is 10.1. The van der Waals surface area contributed by atoms with Crippen molar-refractivity contribution in [1.82, 2.24) is 9.55 Å². The molecule has 1 aromatic carbocycles. The lowest BCUT2D eigenvalue weighted by molar-refractivity contribution is 0.101. The molecule has 0 atom stereocenters. The van der Waals surface area contributed by atoms with E-state index in [1.165, 1.54) is 23.9 Å². The minimum absolute atomic E-state index is 0.0197. The maximum absolute atomic E-state index is 11.9. The van der Waals surface area contributed by atoms with Crippen molar-refractivity contribution in [1.29, 1.82) is 0 Å². The summed E-state index contributed by atoms with van der Waals surface area (Å²) >= 11 is 0. The molecule has 0 fully saturated rings. The molecule has 0 bridgehead atoms. The first-order chi connectivity index (χ1) is 10.0. The van der Waals surface area contributed by atoms with Gasteiger partial charge in [0, 0.05) is 22.9 Å². The topological polar surface area (TPSA) is 61.2 Å². The van der Waals surface area contributed by atoms with E-state index in [-0.39, 0.29) is 11.3 Å². The summed E-state index contributed by atoms with van der Waals surface area (Å²) in [7, 11) is 0. The van der Waals surface area contributed by atoms with Gasteiger partial charge in [0.05, 0.1) is 19.5 Å². The van der Waals surface area contributed by atoms with Gasteiger partial charge in [-0.25, -0.2) is 4.98 Å². The van der Waals surface area contributed by atoms with Gasteiger partial charge < -0.3 is 4.74 Å². The number of ketones is 1. The Hall–Kier alpha value is -2.43. The van der Waals surface area contributed by atoms with Gasteiger partial charge in [0.15, 0.2) is 5.78 Å². The first-order valence-electron chi connectivity index (χ1n) is 6.81. The number of nitrogens with zero attached hydrogens (tertiary/aromatic N) is 2. The van der Waals surface area contributed by atoms with E-state index in [4.69, 9.17) is 4.74 Å². The van der Waals surface area contributed by atoms with Gasteiger partial charge in [-0.05, 0) is 39.0 Å². The standard InChI is InChI=1S/C16H18N2O3/c1-4-21-15-6-5-13(12(3)19)8-14(15)9-18-10-17-11(2)7-16(18)20/h5-8,10H,4,9H2,1-3H3. The van der Waals surface area contributed by atoms with Crippen molar-refractivity contribution in [3.63, 3.8) is 0 Å². The van der Waals surface area contributed by atoms with E-state index in [2.05, 4.69) is 4.98 Å². The summed E-state index contributed by atoms with van der Waals surface area (Å²) in [5.41, 5.74) is 1.94. The number of benzene rings is 1. The van der Waals surface area contributed by atoms with Crippen molar-refractivity contribution in [3.8, 4) is 5.75 Å². The molecule has 5 nitrogen and oxygen atoms in total. The summed E-state index contributed by atoms with van der Waals surface area (Å²) in [6, 6.07) is 6.74. The Kier molecular flexibility index (Phi) is 4.52. The fourth-order valence-corrected chi connectivity index (χ4v) is 2.04. The molecule has 1 aromatic heterocycles. The SMILES string of the molecule is CCOc1ccc(C(C)=O)cc1Cn1cnc(C)cc1=O. The smallest absolute Gasteiger partial charge is 0.253 e. The average molecular weight is 286 g/mol. The number of hydrogen-bond acceptors (Lipinski definition) is 4. The van der Waals surface area contributed by atoms with Gasteiger partial charge in [0.2, 0.25) is 0 Å². The van der Waals surface area contributed by atoms with Crippen molar-refractivity contribution < 1.29 is 9.53 Å². The number of carbonyl (C=O) groups excluding carboxylic acids is 1. The highest BCUT2D eigenvalue weighted by atomic mass is 16.5. The quantitative estimate of drug-likeness (QED) is 0.791. The lowest BCUT2D eigenvalue weighted by Crippen LogP contribution is -2.21. The fourth-order valence-electron chi connectivity index (χ4n) is 2.04. The summed E-state index contributed by atoms with van der Waals surface area (Å²) < 4.78 is 7.06. The van der Waals surface area contributed by atoms with E-state index in [1.807, 2.05) is 6.92 Å². The Balaban J connectivity index is 2.42. The summed E-state index contributed by atoms with van der Waals surface area (Å²) in [5.74, 6) is 0.656. The molecule has 1 heterocycles. The van der Waals surface area contributed by atoms with Crippen LogP contribution >= 0.6 is 0 Å². The molecule has 2 rings (SSSR count). The summed E-state index contributed by atoms with van der Waals surface area (Å²) in [5, 5.41) is 0. The van der Waals surface area contributed by atoms with Crippen LogP contribution in [0.25, 0.3) is 0 Å². The molecule has 0 aliphatic rings. The Morgan fingerprint density at radius 1 is 1.33 bits per heavy atom. The second-order valence-corrected chi connectivity index (χ2v) is 4.81. The first-order valence-corrected chi connectivity index (χ1v) is 6.81. The van der Waals surface area contributed by atoms with Crippen molar-refractivity contribution in [2.75, 3.05) is 6.61 Å². The van der Waals surface area contributed by atoms with Crippen LogP contribution in [0.5, 0.6) is 5.75 Å². The third-order valence-corrected chi connectivity index (χ3v) is 3.12. The van der Waals surface area contributed by atoms with Crippen LogP contribution in [0.15, 0.2) is 35.4 Å². The molecule has 0 amide bonds. The van der Waals surface area contributed by atoms with E-state index in [1.54, 1.807) is 25.1 Å². The van der Waals surface area contributed by atoms with Crippen LogP contribution in [-0.4, -0.2) is 21.9 Å². The highest BCUT2D eigenvalue weighted by Crippen LogP contribution is 2.21. The van der Waals surface area contributed by atoms with Gasteiger partial charge in [-0.3, -0.25) is 14.2 Å². The molecule has 0 unspecified atom stereocenters. The number of hydrogen-bond donors (Lipinski definition) is 0. The van der Waals surface area contributed by atoms with Crippen LogP contribution < -0.4 is 10.3 Å². The molecule has 0 saturated heterocycles. The third-order valence-electron chi connectivity index (χ3n) is 3.12. The summed E-state index contributed by atoms with van der Waals surface area (Å²) in [6.45, 7) is 6.02. The van der Waals surface area contributed by atoms with Crippen LogP contribution in [0.2, 0.25) is 0 Å². The van der Waals surface area contributed by atoms with Crippen LogP contribution in [0.1, 0.15) is 35.5 Å². The lowest BCUT2D eigenvalue weighted by Gasteiger charge is -2.12. The molecule has 21 heavy (non-hydrogen) atoms. The largest absolute Gasteiger partial charge is 0.494 e. The average Bonchev–Trinajstić information content (AvgIpc) is 2.43. The predicted molar refractivity (Wildman–Crippen MR) is 80.0 cm³/mol. The first kappa shape index (κ1) is 15.0. The van der Waals surface area contributed by atoms with E-state index in [9.17, 15) is 9.59 Å². The molecule has 5 heteroatoms. The van der Waals surface area contributed by atoms with E-state index in [0.717, 1.165) is 5.56 Å². The molecule has 0 saturated carbocycles. The van der Waals surface area contributed by atoms with Crippen LogP contribution in [0, 0.1) is 6.92 Å². The van der Waals surface area contributed by atoms with Gasteiger partial charge in [-0.1, -0.05) is 0 Å². The van der Waals surface area contributed by atoms with Gasteiger partial charge in [0.1, 0.15) is 5.75 Å². The molecule has 0 N–H and O–H groups in total. The minimum Gasteiger partial charge on any atom is -0.494 e. The Labute approximate surface area is 123 Å². The zero-order chi connectivity index (χ0) is 15.4. The zero-order valence-electron chi connectivity index (χ0n) is 12.4. The number of aromatic nitrogens is 2. The highest BCUT2D eigenvalue weighted by Gasteiger charge is 2.09. The molecule has 0 aliphatic carbocycles. The van der Waals surface area contributed by atoms with E-state index < -0.39 is 0 Å². The van der Waals surface area contributed by atoms with Gasteiger partial charge in [-0.15, -0.1) is 0 Å². The van der Waals surface area contributed by atoms with Crippen LogP contribution in [0.4, 0.5) is 0 Å². The zero-order valence-corrected chi connectivity index (χ0v) is 12.4. The number of carbonyl (C=O) groups is 1. The normalized spacial score (nSPS) is 10.4. The molecular weight excluding hydrogens is 268 g/mol. The van der Waals surface area contributed by atoms with E-state index >= 15 is 0 Å². The Bertz CT molecular complexity index is 720. The van der Waals surface area contributed by atoms with Crippen molar-refractivity contribution >= 4 is 5.78 Å². The van der Waals surface area contributed by atoms with Crippen molar-refractivity contribution in [2.24, 2.45) is 0 Å². The molecule has 110 valence electrons. The Morgan fingerprint density at radius 3 is 2.71 bits per heavy atom. The van der Waals surface area contributed by atoms with Crippen molar-refractivity contribution in [3.05, 3.63) is 57.8 Å². The van der Waals surface area contributed by atoms with Crippen molar-refractivity contribution in [2.45, 2.75) is 27.3 Å². The molecular formula is C16H18N2O3. The number of Topliss-reactive ketones (excluding diaryl/α,β-unsaturated/α-hetero) is 1. The van der Waals surface area contributed by atoms with Gasteiger partial charge >= 0.3 is 0 Å². The predicted octanol–water partition coefficient (Wildman–Crippen LogP) is 2.20. The molecule has 2 aromatic rings. The fraction of sp³-hybridized carbons (Fsp3) is 0.312. The number of aryl methyl sites for hydroxylation is 1. The Morgan fingerprint density at radius 2 is 2.10 bits per heavy atom. The highest BCUT2D eigenvalue weighted by molar-refractivity contribution is 5.94. The monoisotopic (exact) mass is 286 g/mol. The maximum Gasteiger partial charge on any atom is 0.253 e. The van der Waals surface area contributed by atoms with Crippen LogP contribution in [0.3, 0.4) is 0 Å². The number of ether oxygens (including phenoxy) is 1. The third kappa shape index (κ3) is 3.56. The second-order valence-electron chi connectivity index (χ2n) is 4.81. The molecule has 0 radical (unpaired) electrons. The van der Waals surface area contributed by atoms with Gasteiger partial charge in [-0.2, -0.15) is 0 Å². The summed E-state index contributed by atoms with van der Waals surface area (Å²) in [4.78, 5) is 27.6.